The van der Waals surface area contributed by atoms with E-state index in [1.54, 1.807) is 0 Å². The molecule has 0 amide bonds. The van der Waals surface area contributed by atoms with Gasteiger partial charge in [-0.1, -0.05) is 13.8 Å². The molecule has 0 unspecified atom stereocenters. The van der Waals surface area contributed by atoms with Crippen molar-refractivity contribution in [3.8, 4) is 0 Å². The van der Waals surface area contributed by atoms with E-state index in [0.717, 1.165) is 36.3 Å². The van der Waals surface area contributed by atoms with Crippen LogP contribution in [0.5, 0.6) is 0 Å². The molecule has 0 aliphatic carbocycles. The van der Waals surface area contributed by atoms with Gasteiger partial charge in [0.15, 0.2) is 0 Å². The molecule has 2 rings (SSSR count). The van der Waals surface area contributed by atoms with E-state index in [9.17, 15) is 13.2 Å². The van der Waals surface area contributed by atoms with Crippen LogP contribution in [0.15, 0.2) is 18.2 Å². The van der Waals surface area contributed by atoms with E-state index in [4.69, 9.17) is 0 Å². The highest BCUT2D eigenvalue weighted by atomic mass is 19.4. The average Bonchev–Trinajstić information content (AvgIpc) is 2.67. The molecule has 0 saturated heterocycles. The Hall–Kier alpha value is -1.52. The first-order valence-electron chi connectivity index (χ1n) is 6.42. The minimum atomic E-state index is -4.32. The van der Waals surface area contributed by atoms with Crippen LogP contribution in [0.2, 0.25) is 0 Å². The molecule has 0 atom stereocenters. The summed E-state index contributed by atoms with van der Waals surface area (Å²) in [6.07, 6.45) is -2.46. The molecule has 0 fully saturated rings. The lowest BCUT2D eigenvalue weighted by Crippen LogP contribution is -2.04. The van der Waals surface area contributed by atoms with Crippen LogP contribution in [0.3, 0.4) is 0 Å². The van der Waals surface area contributed by atoms with E-state index in [1.165, 1.54) is 6.07 Å². The third kappa shape index (κ3) is 2.46. The number of halogens is 3. The number of aromatic nitrogens is 2. The van der Waals surface area contributed by atoms with Crippen molar-refractivity contribution in [1.82, 2.24) is 9.55 Å². The topological polar surface area (TPSA) is 17.8 Å². The second kappa shape index (κ2) is 4.87. The first-order chi connectivity index (χ1) is 8.88. The third-order valence-electron chi connectivity index (χ3n) is 3.59. The Morgan fingerprint density at radius 1 is 1.21 bits per heavy atom. The van der Waals surface area contributed by atoms with Gasteiger partial charge in [-0.2, -0.15) is 13.2 Å². The Kier molecular flexibility index (Phi) is 3.56. The Balaban J connectivity index is 2.57. The number of alkyl halides is 3. The van der Waals surface area contributed by atoms with Crippen molar-refractivity contribution in [3.63, 3.8) is 0 Å². The molecular weight excluding hydrogens is 253 g/mol. The minimum Gasteiger partial charge on any atom is -0.331 e. The first kappa shape index (κ1) is 13.9. The number of fused-ring (bicyclic) bond motifs is 1. The molecule has 0 bridgehead atoms. The molecule has 1 aromatic heterocycles. The number of hydrogen-bond acceptors (Lipinski definition) is 1. The summed E-state index contributed by atoms with van der Waals surface area (Å²) in [6, 6.07) is 3.74. The van der Waals surface area contributed by atoms with E-state index in [2.05, 4.69) is 18.8 Å². The maximum atomic E-state index is 12.7. The van der Waals surface area contributed by atoms with Gasteiger partial charge in [0.25, 0.3) is 0 Å². The highest BCUT2D eigenvalue weighted by molar-refractivity contribution is 5.77. The molecular formula is C14H17F3N2. The second-order valence-electron chi connectivity index (χ2n) is 4.74. The zero-order valence-electron chi connectivity index (χ0n) is 11.3. The SMILES string of the molecule is CCC(CC)c1nc2cc(C(F)(F)F)ccc2n1C. The van der Waals surface area contributed by atoms with E-state index in [0.29, 0.717) is 5.52 Å². The third-order valence-corrected chi connectivity index (χ3v) is 3.59. The first-order valence-corrected chi connectivity index (χ1v) is 6.42. The van der Waals surface area contributed by atoms with E-state index >= 15 is 0 Å². The maximum Gasteiger partial charge on any atom is 0.416 e. The zero-order valence-corrected chi connectivity index (χ0v) is 11.3. The fourth-order valence-corrected chi connectivity index (χ4v) is 2.41. The average molecular weight is 270 g/mol. The van der Waals surface area contributed by atoms with Gasteiger partial charge in [-0.3, -0.25) is 0 Å². The molecule has 0 spiro atoms. The summed E-state index contributed by atoms with van der Waals surface area (Å²) < 4.78 is 39.9. The van der Waals surface area contributed by atoms with Crippen LogP contribution in [-0.4, -0.2) is 9.55 Å². The fraction of sp³-hybridized carbons (Fsp3) is 0.500. The second-order valence-corrected chi connectivity index (χ2v) is 4.74. The van der Waals surface area contributed by atoms with Gasteiger partial charge in [0.05, 0.1) is 16.6 Å². The molecule has 1 heterocycles. The number of rotatable bonds is 3. The highest BCUT2D eigenvalue weighted by Gasteiger charge is 2.31. The summed E-state index contributed by atoms with van der Waals surface area (Å²) in [7, 11) is 1.86. The summed E-state index contributed by atoms with van der Waals surface area (Å²) in [5, 5.41) is 0. The van der Waals surface area contributed by atoms with Crippen LogP contribution in [-0.2, 0) is 13.2 Å². The lowest BCUT2D eigenvalue weighted by atomic mass is 10.0. The number of nitrogens with zero attached hydrogens (tertiary/aromatic N) is 2. The Bertz CT molecular complexity index is 580. The Morgan fingerprint density at radius 2 is 1.84 bits per heavy atom. The molecule has 1 aromatic carbocycles. The minimum absolute atomic E-state index is 0.284. The van der Waals surface area contributed by atoms with Crippen LogP contribution >= 0.6 is 0 Å². The molecule has 0 saturated carbocycles. The number of benzene rings is 1. The van der Waals surface area contributed by atoms with Gasteiger partial charge in [0.1, 0.15) is 5.82 Å². The fourth-order valence-electron chi connectivity index (χ4n) is 2.41. The molecule has 0 N–H and O–H groups in total. The number of hydrogen-bond donors (Lipinski definition) is 0. The molecule has 19 heavy (non-hydrogen) atoms. The molecule has 104 valence electrons. The maximum absolute atomic E-state index is 12.7. The smallest absolute Gasteiger partial charge is 0.331 e. The van der Waals surface area contributed by atoms with Crippen LogP contribution in [0.1, 0.15) is 44.0 Å². The molecule has 5 heteroatoms. The van der Waals surface area contributed by atoms with Gasteiger partial charge in [0.2, 0.25) is 0 Å². The van der Waals surface area contributed by atoms with Gasteiger partial charge in [-0.05, 0) is 31.0 Å². The molecule has 2 nitrogen and oxygen atoms in total. The summed E-state index contributed by atoms with van der Waals surface area (Å²) in [6.45, 7) is 4.13. The van der Waals surface area contributed by atoms with Crippen molar-refractivity contribution in [2.45, 2.75) is 38.8 Å². The van der Waals surface area contributed by atoms with Crippen molar-refractivity contribution in [1.29, 1.82) is 0 Å². The van der Waals surface area contributed by atoms with Crippen LogP contribution in [0.25, 0.3) is 11.0 Å². The summed E-state index contributed by atoms with van der Waals surface area (Å²) in [5.41, 5.74) is 0.517. The predicted molar refractivity (Wildman–Crippen MR) is 69.0 cm³/mol. The number of aryl methyl sites for hydroxylation is 1. The Labute approximate surface area is 110 Å². The lowest BCUT2D eigenvalue weighted by molar-refractivity contribution is -0.137. The van der Waals surface area contributed by atoms with Crippen LogP contribution < -0.4 is 0 Å². The van der Waals surface area contributed by atoms with Gasteiger partial charge in [-0.15, -0.1) is 0 Å². The zero-order chi connectivity index (χ0) is 14.2. The van der Waals surface area contributed by atoms with Gasteiger partial charge in [-0.25, -0.2) is 4.98 Å². The van der Waals surface area contributed by atoms with Gasteiger partial charge >= 0.3 is 6.18 Å². The normalized spacial score (nSPS) is 12.6. The van der Waals surface area contributed by atoms with Crippen molar-refractivity contribution >= 4 is 11.0 Å². The van der Waals surface area contributed by atoms with E-state index in [1.807, 2.05) is 11.6 Å². The Morgan fingerprint density at radius 3 is 2.37 bits per heavy atom. The van der Waals surface area contributed by atoms with Crippen LogP contribution in [0.4, 0.5) is 13.2 Å². The monoisotopic (exact) mass is 270 g/mol. The number of imidazole rings is 1. The van der Waals surface area contributed by atoms with Crippen molar-refractivity contribution in [2.75, 3.05) is 0 Å². The quantitative estimate of drug-likeness (QED) is 0.803. The summed E-state index contributed by atoms with van der Waals surface area (Å²) in [5.74, 6) is 1.14. The standard InChI is InChI=1S/C14H17F3N2/c1-4-9(5-2)13-18-11-8-10(14(15,16)17)6-7-12(11)19(13)3/h6-9H,4-5H2,1-3H3. The van der Waals surface area contributed by atoms with Crippen molar-refractivity contribution in [2.24, 2.45) is 7.05 Å². The summed E-state index contributed by atoms with van der Waals surface area (Å²) >= 11 is 0. The highest BCUT2D eigenvalue weighted by Crippen LogP contribution is 2.32. The van der Waals surface area contributed by atoms with Crippen molar-refractivity contribution in [3.05, 3.63) is 29.6 Å². The summed E-state index contributed by atoms with van der Waals surface area (Å²) in [4.78, 5) is 4.39. The van der Waals surface area contributed by atoms with Crippen LogP contribution in [0, 0.1) is 0 Å². The van der Waals surface area contributed by atoms with Gasteiger partial charge < -0.3 is 4.57 Å². The van der Waals surface area contributed by atoms with Crippen molar-refractivity contribution < 1.29 is 13.2 Å². The largest absolute Gasteiger partial charge is 0.416 e. The van der Waals surface area contributed by atoms with E-state index < -0.39 is 11.7 Å². The predicted octanol–water partition coefficient (Wildman–Crippen LogP) is 4.50. The lowest BCUT2D eigenvalue weighted by Gasteiger charge is -2.11. The molecule has 0 aliphatic rings. The van der Waals surface area contributed by atoms with Gasteiger partial charge in [0, 0.05) is 13.0 Å². The molecule has 2 aromatic rings. The molecule has 0 radical (unpaired) electrons. The molecule has 0 aliphatic heterocycles. The van der Waals surface area contributed by atoms with E-state index in [-0.39, 0.29) is 5.92 Å².